The molecule has 0 atom stereocenters. The maximum atomic E-state index is 13.9. The van der Waals surface area contributed by atoms with Crippen LogP contribution in [-0.2, 0) is 6.54 Å². The van der Waals surface area contributed by atoms with E-state index in [4.69, 9.17) is 0 Å². The van der Waals surface area contributed by atoms with Crippen molar-refractivity contribution in [3.05, 3.63) is 70.9 Å². The second-order valence-electron chi connectivity index (χ2n) is 6.70. The van der Waals surface area contributed by atoms with Crippen LogP contribution < -0.4 is 10.3 Å². The Morgan fingerprint density at radius 2 is 1.93 bits per heavy atom. The molecule has 0 bridgehead atoms. The summed E-state index contributed by atoms with van der Waals surface area (Å²) in [4.78, 5) is 24.0. The number of pyridine rings is 1. The summed E-state index contributed by atoms with van der Waals surface area (Å²) < 4.78 is 27.3. The number of hydrogen-bond acceptors (Lipinski definition) is 5. The Hall–Kier alpha value is -2.91. The molecule has 6 nitrogen and oxygen atoms in total. The maximum absolute atomic E-state index is 13.9. The molecule has 9 heteroatoms. The predicted octanol–water partition coefficient (Wildman–Crippen LogP) is 2.94. The number of aromatic amines is 1. The fraction of sp³-hybridized carbons (Fsp3) is 0.250. The van der Waals surface area contributed by atoms with Crippen LogP contribution in [0.2, 0.25) is 0 Å². The molecule has 29 heavy (non-hydrogen) atoms. The Labute approximate surface area is 170 Å². The Morgan fingerprint density at radius 1 is 1.14 bits per heavy atom. The number of carbonyl (C=O) groups is 1. The quantitative estimate of drug-likeness (QED) is 0.695. The van der Waals surface area contributed by atoms with Gasteiger partial charge in [0.15, 0.2) is 11.6 Å². The van der Waals surface area contributed by atoms with E-state index in [1.54, 1.807) is 16.2 Å². The molecular weight excluding hydrogens is 396 g/mol. The Balaban J connectivity index is 1.34. The first kappa shape index (κ1) is 19.4. The van der Waals surface area contributed by atoms with E-state index < -0.39 is 17.5 Å². The molecule has 2 aromatic heterocycles. The lowest BCUT2D eigenvalue weighted by molar-refractivity contribution is -0.354. The molecule has 4 rings (SSSR count). The summed E-state index contributed by atoms with van der Waals surface area (Å²) in [6.07, 6.45) is 1.85. The predicted molar refractivity (Wildman–Crippen MR) is 106 cm³/mol. The Kier molecular flexibility index (Phi) is 5.77. The van der Waals surface area contributed by atoms with Crippen LogP contribution in [0.5, 0.6) is 0 Å². The lowest BCUT2D eigenvalue weighted by Crippen LogP contribution is -2.48. The molecule has 0 spiro atoms. The number of nitrogens with zero attached hydrogens (tertiary/aromatic N) is 3. The van der Waals surface area contributed by atoms with Gasteiger partial charge in [0.2, 0.25) is 5.82 Å². The zero-order valence-electron chi connectivity index (χ0n) is 15.6. The summed E-state index contributed by atoms with van der Waals surface area (Å²) in [6.45, 7) is 2.84. The number of thiazole rings is 1. The highest BCUT2D eigenvalue weighted by molar-refractivity contribution is 7.13. The van der Waals surface area contributed by atoms with Crippen LogP contribution in [0.1, 0.15) is 16.1 Å². The van der Waals surface area contributed by atoms with Gasteiger partial charge in [0.25, 0.3) is 5.91 Å². The number of carbonyl (C=O) groups excluding carboxylic acids is 1. The molecular formula is C20H20F2N5OS+. The summed E-state index contributed by atoms with van der Waals surface area (Å²) in [5, 5.41) is 6.08. The maximum Gasteiger partial charge on any atom is 0.337 e. The van der Waals surface area contributed by atoms with Gasteiger partial charge in [-0.15, -0.1) is 0 Å². The molecule has 1 aliphatic rings. The van der Waals surface area contributed by atoms with E-state index in [0.29, 0.717) is 32.7 Å². The first-order valence-electron chi connectivity index (χ1n) is 9.24. The number of piperazine rings is 1. The molecule has 0 radical (unpaired) electrons. The molecule has 1 fully saturated rings. The summed E-state index contributed by atoms with van der Waals surface area (Å²) in [6, 6.07) is 9.49. The third-order valence-electron chi connectivity index (χ3n) is 4.74. The molecule has 150 valence electrons. The van der Waals surface area contributed by atoms with Crippen LogP contribution >= 0.6 is 11.3 Å². The van der Waals surface area contributed by atoms with Crippen LogP contribution in [0.15, 0.2) is 48.0 Å². The van der Waals surface area contributed by atoms with Crippen molar-refractivity contribution in [2.24, 2.45) is 0 Å². The lowest BCUT2D eigenvalue weighted by atomic mass is 10.1. The number of nitrogens with one attached hydrogen (secondary N) is 2. The molecule has 3 heterocycles. The number of rotatable bonds is 5. The van der Waals surface area contributed by atoms with E-state index >= 15 is 0 Å². The summed E-state index contributed by atoms with van der Waals surface area (Å²) in [5.74, 6) is -1.81. The first-order chi connectivity index (χ1) is 14.1. The van der Waals surface area contributed by atoms with E-state index in [1.165, 1.54) is 12.1 Å². The molecule has 0 saturated carbocycles. The molecule has 1 aromatic carbocycles. The number of hydrogen-bond donors (Lipinski definition) is 1. The molecule has 2 N–H and O–H groups in total. The van der Waals surface area contributed by atoms with Crippen molar-refractivity contribution in [3.63, 3.8) is 0 Å². The molecule has 0 aliphatic carbocycles. The highest BCUT2D eigenvalue weighted by Crippen LogP contribution is 2.17. The van der Waals surface area contributed by atoms with E-state index in [1.807, 2.05) is 29.8 Å². The van der Waals surface area contributed by atoms with Crippen LogP contribution in [0.25, 0.3) is 0 Å². The van der Waals surface area contributed by atoms with Gasteiger partial charge in [-0.05, 0) is 18.2 Å². The van der Waals surface area contributed by atoms with Gasteiger partial charge >= 0.3 is 5.13 Å². The summed E-state index contributed by atoms with van der Waals surface area (Å²) in [5.41, 5.74) is 0.701. The Bertz CT molecular complexity index is 990. The van der Waals surface area contributed by atoms with Gasteiger partial charge in [0, 0.05) is 44.2 Å². The van der Waals surface area contributed by atoms with Gasteiger partial charge in [0.1, 0.15) is 0 Å². The van der Waals surface area contributed by atoms with Gasteiger partial charge < -0.3 is 4.90 Å². The van der Waals surface area contributed by atoms with Crippen LogP contribution in [0, 0.1) is 11.6 Å². The van der Waals surface area contributed by atoms with Gasteiger partial charge in [0.05, 0.1) is 17.5 Å². The number of aromatic nitrogens is 2. The van der Waals surface area contributed by atoms with Crippen molar-refractivity contribution in [2.75, 3.05) is 31.5 Å². The van der Waals surface area contributed by atoms with Crippen LogP contribution in [0.3, 0.4) is 0 Å². The van der Waals surface area contributed by atoms with Crippen molar-refractivity contribution in [2.45, 2.75) is 6.54 Å². The Morgan fingerprint density at radius 3 is 2.69 bits per heavy atom. The smallest absolute Gasteiger partial charge is 0.336 e. The minimum atomic E-state index is -1.09. The van der Waals surface area contributed by atoms with Gasteiger partial charge in [-0.25, -0.2) is 24.1 Å². The standard InChI is InChI=1S/C20H19F2N5OS/c21-16-5-2-4-15(18(16)22)19(28)27-10-8-26(9-11-27)13-14-3-1-6-17(24-14)25-20-23-7-12-29-20/h1-7,12H,8-11,13H2,(H,23,24,25)/p+1. The SMILES string of the molecule is O=C(c1cccc(F)c1F)N1CCN(Cc2cccc(Nc3[nH+]ccs3)n2)CC1. The van der Waals surface area contributed by atoms with Crippen molar-refractivity contribution < 1.29 is 18.6 Å². The van der Waals surface area contributed by atoms with Crippen LogP contribution in [0.4, 0.5) is 19.7 Å². The largest absolute Gasteiger partial charge is 0.337 e. The molecule has 1 aliphatic heterocycles. The number of anilines is 2. The topological polar surface area (TPSA) is 62.6 Å². The van der Waals surface area contributed by atoms with Crippen molar-refractivity contribution in [1.82, 2.24) is 14.8 Å². The number of H-pyrrole nitrogens is 1. The van der Waals surface area contributed by atoms with E-state index in [-0.39, 0.29) is 5.56 Å². The highest BCUT2D eigenvalue weighted by Gasteiger charge is 2.25. The molecule has 0 unspecified atom stereocenters. The van der Waals surface area contributed by atoms with Gasteiger partial charge in [-0.2, -0.15) is 0 Å². The molecule has 1 amide bonds. The summed E-state index contributed by atoms with van der Waals surface area (Å²) in [7, 11) is 0. The zero-order chi connectivity index (χ0) is 20.2. The zero-order valence-corrected chi connectivity index (χ0v) is 16.4. The number of benzene rings is 1. The fourth-order valence-corrected chi connectivity index (χ4v) is 3.81. The minimum absolute atomic E-state index is 0.218. The van der Waals surface area contributed by atoms with E-state index in [0.717, 1.165) is 22.7 Å². The van der Waals surface area contributed by atoms with Gasteiger partial charge in [-0.1, -0.05) is 23.5 Å². The minimum Gasteiger partial charge on any atom is -0.336 e. The average molecular weight is 416 g/mol. The fourth-order valence-electron chi connectivity index (χ4n) is 3.24. The van der Waals surface area contributed by atoms with Gasteiger partial charge in [-0.3, -0.25) is 9.69 Å². The second kappa shape index (κ2) is 8.62. The van der Waals surface area contributed by atoms with Crippen molar-refractivity contribution in [1.29, 1.82) is 0 Å². The monoisotopic (exact) mass is 416 g/mol. The normalized spacial score (nSPS) is 14.8. The lowest BCUT2D eigenvalue weighted by Gasteiger charge is -2.34. The third-order valence-corrected chi connectivity index (χ3v) is 5.47. The third kappa shape index (κ3) is 4.57. The van der Waals surface area contributed by atoms with Crippen LogP contribution in [-0.4, -0.2) is 46.9 Å². The number of halogens is 2. The van der Waals surface area contributed by atoms with E-state index in [2.05, 4.69) is 20.2 Å². The van der Waals surface area contributed by atoms with E-state index in [9.17, 15) is 13.6 Å². The number of amides is 1. The molecule has 1 saturated heterocycles. The summed E-state index contributed by atoms with van der Waals surface area (Å²) >= 11 is 1.56. The first-order valence-corrected chi connectivity index (χ1v) is 10.1. The van der Waals surface area contributed by atoms with Crippen molar-refractivity contribution in [3.8, 4) is 0 Å². The van der Waals surface area contributed by atoms with Crippen molar-refractivity contribution >= 4 is 28.2 Å². The molecule has 3 aromatic rings. The average Bonchev–Trinajstić information content (AvgIpc) is 3.23. The second-order valence-corrected chi connectivity index (χ2v) is 7.62. The highest BCUT2D eigenvalue weighted by atomic mass is 32.1.